The third-order valence-corrected chi connectivity index (χ3v) is 4.19. The van der Waals surface area contributed by atoms with E-state index < -0.39 is 0 Å². The highest BCUT2D eigenvalue weighted by Gasteiger charge is 2.22. The van der Waals surface area contributed by atoms with Gasteiger partial charge in [-0.2, -0.15) is 0 Å². The van der Waals surface area contributed by atoms with Gasteiger partial charge in [-0.1, -0.05) is 12.8 Å². The van der Waals surface area contributed by atoms with Gasteiger partial charge in [0.25, 0.3) is 5.91 Å². The average Bonchev–Trinajstić information content (AvgIpc) is 2.94. The van der Waals surface area contributed by atoms with Crippen LogP contribution in [0.4, 0.5) is 11.4 Å². The van der Waals surface area contributed by atoms with Crippen LogP contribution in [-0.2, 0) is 0 Å². The van der Waals surface area contributed by atoms with Crippen LogP contribution in [0.3, 0.4) is 0 Å². The minimum atomic E-state index is -0.0212. The Labute approximate surface area is 121 Å². The Bertz CT molecular complexity index is 479. The molecule has 1 aromatic carbocycles. The lowest BCUT2D eigenvalue weighted by atomic mass is 9.99. The Morgan fingerprint density at radius 1 is 1.35 bits per heavy atom. The second kappa shape index (κ2) is 6.16. The van der Waals surface area contributed by atoms with Crippen molar-refractivity contribution in [3.63, 3.8) is 0 Å². The van der Waals surface area contributed by atoms with Crippen LogP contribution in [0.25, 0.3) is 0 Å². The monoisotopic (exact) mass is 275 g/mol. The zero-order valence-electron chi connectivity index (χ0n) is 12.6. The number of benzene rings is 1. The van der Waals surface area contributed by atoms with Crippen molar-refractivity contribution in [1.29, 1.82) is 0 Å². The fourth-order valence-electron chi connectivity index (χ4n) is 2.91. The van der Waals surface area contributed by atoms with E-state index in [-0.39, 0.29) is 5.91 Å². The van der Waals surface area contributed by atoms with Crippen LogP contribution in [0.2, 0.25) is 0 Å². The number of rotatable bonds is 4. The van der Waals surface area contributed by atoms with Crippen LogP contribution >= 0.6 is 0 Å². The molecule has 1 fully saturated rings. The second-order valence-corrected chi connectivity index (χ2v) is 5.98. The van der Waals surface area contributed by atoms with Gasteiger partial charge < -0.3 is 16.0 Å². The number of nitrogens with one attached hydrogen (secondary N) is 1. The normalized spacial score (nSPS) is 16.9. The van der Waals surface area contributed by atoms with E-state index >= 15 is 0 Å². The largest absolute Gasteiger partial charge is 0.397 e. The molecule has 0 radical (unpaired) electrons. The molecule has 0 aliphatic heterocycles. The lowest BCUT2D eigenvalue weighted by molar-refractivity contribution is 0.0827. The van der Waals surface area contributed by atoms with Gasteiger partial charge in [0.15, 0.2) is 0 Å². The number of hydrogen-bond donors (Lipinski definition) is 2. The highest BCUT2D eigenvalue weighted by atomic mass is 16.2. The molecule has 1 unspecified atom stereocenters. The number of nitrogens with zero attached hydrogens (tertiary/aromatic N) is 1. The molecule has 1 saturated carbocycles. The van der Waals surface area contributed by atoms with Crippen molar-refractivity contribution in [2.45, 2.75) is 38.6 Å². The molecule has 1 amide bonds. The highest BCUT2D eigenvalue weighted by molar-refractivity contribution is 5.95. The fourth-order valence-corrected chi connectivity index (χ4v) is 2.91. The van der Waals surface area contributed by atoms with E-state index in [4.69, 9.17) is 5.73 Å². The third-order valence-electron chi connectivity index (χ3n) is 4.19. The van der Waals surface area contributed by atoms with Crippen LogP contribution in [0.5, 0.6) is 0 Å². The lowest BCUT2D eigenvalue weighted by Crippen LogP contribution is -2.25. The van der Waals surface area contributed by atoms with E-state index in [2.05, 4.69) is 12.2 Å². The Morgan fingerprint density at radius 2 is 2.00 bits per heavy atom. The van der Waals surface area contributed by atoms with Gasteiger partial charge >= 0.3 is 0 Å². The molecule has 1 atom stereocenters. The summed E-state index contributed by atoms with van der Waals surface area (Å²) in [7, 11) is 3.49. The molecule has 110 valence electrons. The van der Waals surface area contributed by atoms with Crippen LogP contribution in [0.1, 0.15) is 43.0 Å². The van der Waals surface area contributed by atoms with Crippen molar-refractivity contribution < 1.29 is 4.79 Å². The van der Waals surface area contributed by atoms with E-state index in [0.29, 0.717) is 17.3 Å². The van der Waals surface area contributed by atoms with Gasteiger partial charge in [-0.25, -0.2) is 0 Å². The van der Waals surface area contributed by atoms with Crippen LogP contribution in [-0.4, -0.2) is 30.9 Å². The summed E-state index contributed by atoms with van der Waals surface area (Å²) in [5.41, 5.74) is 8.28. The minimum Gasteiger partial charge on any atom is -0.397 e. The molecule has 3 N–H and O–H groups in total. The van der Waals surface area contributed by atoms with Gasteiger partial charge in [-0.15, -0.1) is 0 Å². The number of carbonyl (C=O) groups is 1. The van der Waals surface area contributed by atoms with Crippen molar-refractivity contribution in [3.05, 3.63) is 23.8 Å². The van der Waals surface area contributed by atoms with Crippen LogP contribution in [0, 0.1) is 5.92 Å². The smallest absolute Gasteiger partial charge is 0.253 e. The van der Waals surface area contributed by atoms with Crippen LogP contribution in [0.15, 0.2) is 18.2 Å². The summed E-state index contributed by atoms with van der Waals surface area (Å²) in [4.78, 5) is 13.4. The van der Waals surface area contributed by atoms with Crippen molar-refractivity contribution in [2.24, 2.45) is 5.92 Å². The summed E-state index contributed by atoms with van der Waals surface area (Å²) in [5, 5.41) is 3.50. The van der Waals surface area contributed by atoms with Gasteiger partial charge in [0.05, 0.1) is 11.4 Å². The molecule has 0 spiro atoms. The zero-order chi connectivity index (χ0) is 14.7. The molecule has 0 aromatic heterocycles. The van der Waals surface area contributed by atoms with Crippen molar-refractivity contribution in [1.82, 2.24) is 4.90 Å². The zero-order valence-corrected chi connectivity index (χ0v) is 12.6. The first-order valence-corrected chi connectivity index (χ1v) is 7.36. The summed E-state index contributed by atoms with van der Waals surface area (Å²) in [6.45, 7) is 2.22. The number of amides is 1. The van der Waals surface area contributed by atoms with Gasteiger partial charge in [0.2, 0.25) is 0 Å². The summed E-state index contributed by atoms with van der Waals surface area (Å²) >= 11 is 0. The SMILES string of the molecule is CC(Nc1ccc(C(=O)N(C)C)cc1N)C1CCCC1. The van der Waals surface area contributed by atoms with Gasteiger partial charge in [-0.3, -0.25) is 4.79 Å². The predicted molar refractivity (Wildman–Crippen MR) is 83.9 cm³/mol. The minimum absolute atomic E-state index is 0.0212. The summed E-state index contributed by atoms with van der Waals surface area (Å²) in [6.07, 6.45) is 5.27. The standard InChI is InChI=1S/C16H25N3O/c1-11(12-6-4-5-7-12)18-15-9-8-13(10-14(15)17)16(20)19(2)3/h8-12,18H,4-7,17H2,1-3H3. The Kier molecular flexibility index (Phi) is 4.53. The first kappa shape index (κ1) is 14.7. The van der Waals surface area contributed by atoms with Gasteiger partial charge in [-0.05, 0) is 43.9 Å². The number of nitrogens with two attached hydrogens (primary N) is 1. The second-order valence-electron chi connectivity index (χ2n) is 5.98. The molecule has 0 bridgehead atoms. The number of carbonyl (C=O) groups excluding carboxylic acids is 1. The third kappa shape index (κ3) is 3.24. The van der Waals surface area contributed by atoms with E-state index in [1.165, 1.54) is 25.7 Å². The molecule has 1 aliphatic carbocycles. The first-order valence-electron chi connectivity index (χ1n) is 7.36. The maximum absolute atomic E-state index is 11.9. The molecule has 1 aliphatic rings. The summed E-state index contributed by atoms with van der Waals surface area (Å²) in [5.74, 6) is 0.713. The van der Waals surface area contributed by atoms with E-state index in [0.717, 1.165) is 11.6 Å². The molecule has 0 saturated heterocycles. The van der Waals surface area contributed by atoms with Gasteiger partial charge in [0, 0.05) is 25.7 Å². The topological polar surface area (TPSA) is 58.4 Å². The number of anilines is 2. The fraction of sp³-hybridized carbons (Fsp3) is 0.562. The molecular weight excluding hydrogens is 250 g/mol. The summed E-state index contributed by atoms with van der Waals surface area (Å²) in [6, 6.07) is 5.93. The van der Waals surface area contributed by atoms with E-state index in [9.17, 15) is 4.79 Å². The maximum atomic E-state index is 11.9. The molecule has 0 heterocycles. The molecule has 2 rings (SSSR count). The Morgan fingerprint density at radius 3 is 2.55 bits per heavy atom. The molecule has 20 heavy (non-hydrogen) atoms. The molecular formula is C16H25N3O. The van der Waals surface area contributed by atoms with Crippen molar-refractivity contribution in [3.8, 4) is 0 Å². The average molecular weight is 275 g/mol. The Hall–Kier alpha value is -1.71. The quantitative estimate of drug-likeness (QED) is 0.831. The molecule has 4 heteroatoms. The van der Waals surface area contributed by atoms with Gasteiger partial charge in [0.1, 0.15) is 0 Å². The molecule has 1 aromatic rings. The summed E-state index contributed by atoms with van der Waals surface area (Å²) < 4.78 is 0. The van der Waals surface area contributed by atoms with Crippen LogP contribution < -0.4 is 11.1 Å². The van der Waals surface area contributed by atoms with Crippen molar-refractivity contribution in [2.75, 3.05) is 25.1 Å². The Balaban J connectivity index is 2.07. The lowest BCUT2D eigenvalue weighted by Gasteiger charge is -2.23. The highest BCUT2D eigenvalue weighted by Crippen LogP contribution is 2.30. The maximum Gasteiger partial charge on any atom is 0.253 e. The van der Waals surface area contributed by atoms with E-state index in [1.807, 2.05) is 12.1 Å². The molecule has 4 nitrogen and oxygen atoms in total. The number of hydrogen-bond acceptors (Lipinski definition) is 3. The first-order chi connectivity index (χ1) is 9.49. The van der Waals surface area contributed by atoms with Crippen molar-refractivity contribution >= 4 is 17.3 Å². The predicted octanol–water partition coefficient (Wildman–Crippen LogP) is 2.96. The van der Waals surface area contributed by atoms with E-state index in [1.54, 1.807) is 25.1 Å². The number of nitrogen functional groups attached to an aromatic ring is 1.